The number of carboxylic acid groups (broad SMARTS) is 1. The molecule has 22 heavy (non-hydrogen) atoms. The summed E-state index contributed by atoms with van der Waals surface area (Å²) >= 11 is 0. The Bertz CT molecular complexity index is 601. The molecular formula is C16H18O6. The molecule has 0 saturated heterocycles. The summed E-state index contributed by atoms with van der Waals surface area (Å²) in [6, 6.07) is 3.09. The number of aliphatic carboxylic acids is 1. The molecule has 0 fully saturated rings. The molecule has 0 saturated carbocycles. The highest BCUT2D eigenvalue weighted by Gasteiger charge is 2.08. The quantitative estimate of drug-likeness (QED) is 0.594. The third kappa shape index (κ3) is 5.32. The molecule has 118 valence electrons. The van der Waals surface area contributed by atoms with Crippen LogP contribution in [0, 0.1) is 0 Å². The molecule has 1 rings (SSSR count). The molecule has 0 aliphatic carbocycles. The highest BCUT2D eigenvalue weighted by Crippen LogP contribution is 2.32. The standard InChI is InChI=1S/C16H18O6/c1-3-22-15(19)6-4-5-12-9-11(7-8-14(17)18)10-13(21-2)16(12)20/h4-5,7-10,20H,3,6H2,1-2H3,(H,17,18). The third-order valence-electron chi connectivity index (χ3n) is 2.65. The lowest BCUT2D eigenvalue weighted by molar-refractivity contribution is -0.142. The van der Waals surface area contributed by atoms with Crippen molar-refractivity contribution in [3.63, 3.8) is 0 Å². The normalized spacial score (nSPS) is 11.0. The minimum atomic E-state index is -1.08. The van der Waals surface area contributed by atoms with Crippen LogP contribution < -0.4 is 4.74 Å². The fourth-order valence-corrected chi connectivity index (χ4v) is 1.70. The summed E-state index contributed by atoms with van der Waals surface area (Å²) < 4.78 is 9.83. The first-order chi connectivity index (χ1) is 10.5. The van der Waals surface area contributed by atoms with Crippen molar-refractivity contribution < 1.29 is 29.3 Å². The summed E-state index contributed by atoms with van der Waals surface area (Å²) in [7, 11) is 1.39. The highest BCUT2D eigenvalue weighted by atomic mass is 16.5. The van der Waals surface area contributed by atoms with Crippen LogP contribution in [0.2, 0.25) is 0 Å². The van der Waals surface area contributed by atoms with E-state index in [0.29, 0.717) is 17.7 Å². The Morgan fingerprint density at radius 2 is 2.00 bits per heavy atom. The van der Waals surface area contributed by atoms with E-state index in [1.165, 1.54) is 19.3 Å². The second-order valence-corrected chi connectivity index (χ2v) is 4.24. The predicted octanol–water partition coefficient (Wildman–Crippen LogP) is 2.47. The number of phenols is 1. The van der Waals surface area contributed by atoms with Crippen LogP contribution in [-0.2, 0) is 14.3 Å². The molecule has 6 nitrogen and oxygen atoms in total. The summed E-state index contributed by atoms with van der Waals surface area (Å²) in [5, 5.41) is 18.7. The van der Waals surface area contributed by atoms with Gasteiger partial charge in [-0.3, -0.25) is 4.79 Å². The summed E-state index contributed by atoms with van der Waals surface area (Å²) in [6.45, 7) is 2.03. The number of benzene rings is 1. The van der Waals surface area contributed by atoms with Crippen molar-refractivity contribution in [1.82, 2.24) is 0 Å². The highest BCUT2D eigenvalue weighted by molar-refractivity contribution is 5.85. The number of aromatic hydroxyl groups is 1. The van der Waals surface area contributed by atoms with Crippen molar-refractivity contribution in [3.05, 3.63) is 35.4 Å². The van der Waals surface area contributed by atoms with Gasteiger partial charge in [0.25, 0.3) is 0 Å². The number of ether oxygens (including phenoxy) is 2. The molecule has 0 spiro atoms. The van der Waals surface area contributed by atoms with E-state index in [-0.39, 0.29) is 23.9 Å². The van der Waals surface area contributed by atoms with Crippen LogP contribution in [0.25, 0.3) is 12.2 Å². The Morgan fingerprint density at radius 3 is 2.59 bits per heavy atom. The van der Waals surface area contributed by atoms with Crippen molar-refractivity contribution in [2.75, 3.05) is 13.7 Å². The second kappa shape index (κ2) is 8.51. The molecule has 0 unspecified atom stereocenters. The van der Waals surface area contributed by atoms with Gasteiger partial charge >= 0.3 is 11.9 Å². The number of hydrogen-bond donors (Lipinski definition) is 2. The lowest BCUT2D eigenvalue weighted by atomic mass is 10.1. The molecule has 2 N–H and O–H groups in total. The molecule has 1 aromatic rings. The zero-order valence-electron chi connectivity index (χ0n) is 12.4. The van der Waals surface area contributed by atoms with Crippen LogP contribution in [0.5, 0.6) is 11.5 Å². The molecule has 0 bridgehead atoms. The van der Waals surface area contributed by atoms with Crippen LogP contribution in [-0.4, -0.2) is 35.9 Å². The molecule has 1 aromatic carbocycles. The SMILES string of the molecule is CCOC(=O)CC=Cc1cc(C=CC(=O)O)cc(OC)c1O. The molecule has 0 amide bonds. The van der Waals surface area contributed by atoms with E-state index in [1.807, 2.05) is 0 Å². The molecule has 0 aliphatic heterocycles. The monoisotopic (exact) mass is 306 g/mol. The van der Waals surface area contributed by atoms with Gasteiger partial charge in [0.1, 0.15) is 0 Å². The maximum Gasteiger partial charge on any atom is 0.328 e. The van der Waals surface area contributed by atoms with Gasteiger partial charge in [0.2, 0.25) is 0 Å². The molecule has 0 aromatic heterocycles. The first-order valence-corrected chi connectivity index (χ1v) is 6.62. The zero-order chi connectivity index (χ0) is 16.5. The molecular weight excluding hydrogens is 288 g/mol. The first-order valence-electron chi connectivity index (χ1n) is 6.62. The molecule has 0 radical (unpaired) electrons. The van der Waals surface area contributed by atoms with Crippen molar-refractivity contribution in [2.45, 2.75) is 13.3 Å². The van der Waals surface area contributed by atoms with Crippen LogP contribution >= 0.6 is 0 Å². The van der Waals surface area contributed by atoms with Crippen molar-refractivity contribution in [3.8, 4) is 11.5 Å². The zero-order valence-corrected chi connectivity index (χ0v) is 12.4. The first kappa shape index (κ1) is 17.3. The molecule has 6 heteroatoms. The van der Waals surface area contributed by atoms with Gasteiger partial charge in [0.05, 0.1) is 20.1 Å². The molecule has 0 heterocycles. The van der Waals surface area contributed by atoms with Gasteiger partial charge in [-0.2, -0.15) is 0 Å². The topological polar surface area (TPSA) is 93.1 Å². The van der Waals surface area contributed by atoms with Gasteiger partial charge in [-0.05, 0) is 30.7 Å². The van der Waals surface area contributed by atoms with E-state index < -0.39 is 5.97 Å². The Labute approximate surface area is 128 Å². The van der Waals surface area contributed by atoms with Gasteiger partial charge in [-0.25, -0.2) is 4.79 Å². The largest absolute Gasteiger partial charge is 0.504 e. The maximum absolute atomic E-state index is 11.2. The lowest BCUT2D eigenvalue weighted by Gasteiger charge is -2.08. The van der Waals surface area contributed by atoms with Crippen molar-refractivity contribution >= 4 is 24.1 Å². The maximum atomic E-state index is 11.2. The van der Waals surface area contributed by atoms with E-state index in [9.17, 15) is 14.7 Å². The Hall–Kier alpha value is -2.76. The smallest absolute Gasteiger partial charge is 0.328 e. The number of phenolic OH excluding ortho intramolecular Hbond substituents is 1. The Kier molecular flexibility index (Phi) is 6.69. The second-order valence-electron chi connectivity index (χ2n) is 4.24. The number of carbonyl (C=O) groups is 2. The Morgan fingerprint density at radius 1 is 1.27 bits per heavy atom. The van der Waals surface area contributed by atoms with E-state index in [1.54, 1.807) is 25.1 Å². The van der Waals surface area contributed by atoms with Crippen LogP contribution in [0.1, 0.15) is 24.5 Å². The summed E-state index contributed by atoms with van der Waals surface area (Å²) in [5.74, 6) is -1.32. The predicted molar refractivity (Wildman–Crippen MR) is 81.6 cm³/mol. The number of esters is 1. The number of rotatable bonds is 7. The fourth-order valence-electron chi connectivity index (χ4n) is 1.70. The number of carbonyl (C=O) groups excluding carboxylic acids is 1. The van der Waals surface area contributed by atoms with Crippen molar-refractivity contribution in [2.24, 2.45) is 0 Å². The van der Waals surface area contributed by atoms with Gasteiger partial charge in [-0.15, -0.1) is 0 Å². The minimum absolute atomic E-state index is 0.0742. The van der Waals surface area contributed by atoms with Crippen LogP contribution in [0.3, 0.4) is 0 Å². The van der Waals surface area contributed by atoms with Crippen molar-refractivity contribution in [1.29, 1.82) is 0 Å². The lowest BCUT2D eigenvalue weighted by Crippen LogP contribution is -2.01. The van der Waals surface area contributed by atoms with E-state index in [4.69, 9.17) is 14.6 Å². The number of carboxylic acids is 1. The average molecular weight is 306 g/mol. The Balaban J connectivity index is 3.01. The van der Waals surface area contributed by atoms with E-state index in [2.05, 4.69) is 0 Å². The van der Waals surface area contributed by atoms with Gasteiger partial charge in [0.15, 0.2) is 11.5 Å². The van der Waals surface area contributed by atoms with E-state index in [0.717, 1.165) is 6.08 Å². The summed E-state index contributed by atoms with van der Waals surface area (Å²) in [4.78, 5) is 21.8. The van der Waals surface area contributed by atoms with E-state index >= 15 is 0 Å². The summed E-state index contributed by atoms with van der Waals surface area (Å²) in [6.07, 6.45) is 5.54. The van der Waals surface area contributed by atoms with Gasteiger partial charge in [0, 0.05) is 11.6 Å². The minimum Gasteiger partial charge on any atom is -0.504 e. The average Bonchev–Trinajstić information content (AvgIpc) is 2.47. The number of methoxy groups -OCH3 is 1. The van der Waals surface area contributed by atoms with Gasteiger partial charge in [-0.1, -0.05) is 12.2 Å². The van der Waals surface area contributed by atoms with Crippen LogP contribution in [0.4, 0.5) is 0 Å². The molecule has 0 aliphatic rings. The van der Waals surface area contributed by atoms with Gasteiger partial charge < -0.3 is 19.7 Å². The summed E-state index contributed by atoms with van der Waals surface area (Å²) in [5.41, 5.74) is 0.960. The molecule has 0 atom stereocenters. The third-order valence-corrected chi connectivity index (χ3v) is 2.65. The fraction of sp³-hybridized carbons (Fsp3) is 0.250. The number of hydrogen-bond acceptors (Lipinski definition) is 5. The van der Waals surface area contributed by atoms with Crippen LogP contribution in [0.15, 0.2) is 24.3 Å².